The van der Waals surface area contributed by atoms with Crippen LogP contribution in [0, 0.1) is 5.82 Å². The lowest BCUT2D eigenvalue weighted by Gasteiger charge is -2.29. The van der Waals surface area contributed by atoms with Gasteiger partial charge in [-0.05, 0) is 30.2 Å². The second kappa shape index (κ2) is 9.52. The van der Waals surface area contributed by atoms with Gasteiger partial charge in [-0.25, -0.2) is 4.39 Å². The van der Waals surface area contributed by atoms with E-state index in [4.69, 9.17) is 13.6 Å². The topological polar surface area (TPSA) is 88.2 Å². The zero-order chi connectivity index (χ0) is 26.4. The number of rotatable bonds is 6. The predicted octanol–water partition coefficient (Wildman–Crippen LogP) is 2.00. The van der Waals surface area contributed by atoms with Crippen molar-refractivity contribution in [2.24, 2.45) is 0 Å². The summed E-state index contributed by atoms with van der Waals surface area (Å²) in [5, 5.41) is 2.10. The molecule has 0 aliphatic carbocycles. The fourth-order valence-electron chi connectivity index (χ4n) is 4.35. The van der Waals surface area contributed by atoms with Crippen LogP contribution in [0.4, 0.5) is 4.39 Å². The molecule has 3 amide bonds. The van der Waals surface area contributed by atoms with Gasteiger partial charge in [0.2, 0.25) is 11.8 Å². The number of halogens is 1. The van der Waals surface area contributed by atoms with Crippen molar-refractivity contribution in [1.29, 1.82) is 0 Å². The first-order valence-electron chi connectivity index (χ1n) is 12.6. The maximum absolute atomic E-state index is 15.0. The lowest BCUT2D eigenvalue weighted by atomic mass is 10.0. The highest BCUT2D eigenvalue weighted by Crippen LogP contribution is 2.34. The van der Waals surface area contributed by atoms with E-state index in [0.29, 0.717) is 25.3 Å². The highest BCUT2D eigenvalue weighted by Gasteiger charge is 2.40. The van der Waals surface area contributed by atoms with Gasteiger partial charge in [-0.2, -0.15) is 0 Å². The van der Waals surface area contributed by atoms with Crippen molar-refractivity contribution in [2.75, 3.05) is 26.3 Å². The van der Waals surface area contributed by atoms with E-state index in [9.17, 15) is 14.4 Å². The van der Waals surface area contributed by atoms with Crippen LogP contribution >= 0.6 is 0 Å². The second-order valence-electron chi connectivity index (χ2n) is 8.40. The van der Waals surface area contributed by atoms with E-state index in [1.54, 1.807) is 6.07 Å². The number of hydrogen-bond donors (Lipinski definition) is 1. The van der Waals surface area contributed by atoms with Crippen molar-refractivity contribution in [3.8, 4) is 5.75 Å². The lowest BCUT2D eigenvalue weighted by molar-refractivity contribution is -0.136. The smallest absolute Gasteiger partial charge is 0.255 e. The largest absolute Gasteiger partial charge is 0.488 e. The Hall–Kier alpha value is -3.30. The predicted molar refractivity (Wildman–Crippen MR) is 119 cm³/mol. The standard InChI is InChI=1S/C25H26FN3O5/c26-20-12-16(13-28-8-10-33-11-9-28)4-5-17(20)15-34-22-3-1-2-18-19(22)14-29(25(18)32)21-6-7-23(30)27-24(21)31/h1-5,12,21H,6-11,13-15H2,(H,27,30,31)/t21-/m1/s1/i15D2,21D. The van der Waals surface area contributed by atoms with Gasteiger partial charge in [-0.15, -0.1) is 0 Å². The van der Waals surface area contributed by atoms with Gasteiger partial charge in [0.05, 0.1) is 23.9 Å². The summed E-state index contributed by atoms with van der Waals surface area (Å²) in [5.74, 6) is -2.74. The number of morpholine rings is 1. The van der Waals surface area contributed by atoms with Gasteiger partial charge < -0.3 is 14.4 Å². The molecule has 178 valence electrons. The fraction of sp³-hybridized carbons (Fsp3) is 0.400. The minimum atomic E-state index is -2.57. The average molecular weight is 471 g/mol. The molecule has 2 aromatic carbocycles. The van der Waals surface area contributed by atoms with E-state index >= 15 is 4.39 Å². The summed E-state index contributed by atoms with van der Waals surface area (Å²) in [6, 6.07) is 6.77. The van der Waals surface area contributed by atoms with Crippen molar-refractivity contribution < 1.29 is 32.4 Å². The van der Waals surface area contributed by atoms with Gasteiger partial charge in [0.1, 0.15) is 24.1 Å². The zero-order valence-corrected chi connectivity index (χ0v) is 18.4. The molecule has 2 aromatic rings. The molecule has 2 fully saturated rings. The number of imide groups is 1. The Labute approximate surface area is 200 Å². The summed E-state index contributed by atoms with van der Waals surface area (Å²) in [5.41, 5.74) is 0.855. The Bertz CT molecular complexity index is 1270. The van der Waals surface area contributed by atoms with Gasteiger partial charge in [-0.3, -0.25) is 24.6 Å². The number of nitrogens with zero attached hydrogens (tertiary/aromatic N) is 2. The lowest BCUT2D eigenvalue weighted by Crippen LogP contribution is -2.52. The van der Waals surface area contributed by atoms with Crippen molar-refractivity contribution in [2.45, 2.75) is 38.5 Å². The molecule has 3 aliphatic heterocycles. The first-order valence-corrected chi connectivity index (χ1v) is 11.1. The number of fused-ring (bicyclic) bond motifs is 1. The van der Waals surface area contributed by atoms with Crippen LogP contribution in [0.3, 0.4) is 0 Å². The number of carbonyl (C=O) groups excluding carboxylic acids is 3. The van der Waals surface area contributed by atoms with E-state index in [1.165, 1.54) is 30.3 Å². The summed E-state index contributed by atoms with van der Waals surface area (Å²) in [4.78, 5) is 40.3. The normalized spacial score (nSPS) is 24.8. The van der Waals surface area contributed by atoms with Gasteiger partial charge in [0.25, 0.3) is 5.91 Å². The summed E-state index contributed by atoms with van der Waals surface area (Å²) < 4.78 is 51.5. The van der Waals surface area contributed by atoms with E-state index in [2.05, 4.69) is 10.2 Å². The van der Waals surface area contributed by atoms with Crippen molar-refractivity contribution in [1.82, 2.24) is 15.1 Å². The molecule has 34 heavy (non-hydrogen) atoms. The maximum atomic E-state index is 15.0. The number of piperidine rings is 1. The van der Waals surface area contributed by atoms with E-state index < -0.39 is 36.1 Å². The molecule has 0 aromatic heterocycles. The third-order valence-electron chi connectivity index (χ3n) is 6.17. The average Bonchev–Trinajstić information content (AvgIpc) is 3.20. The third kappa shape index (κ3) is 4.53. The van der Waals surface area contributed by atoms with Gasteiger partial charge in [0, 0.05) is 42.7 Å². The molecule has 0 spiro atoms. The van der Waals surface area contributed by atoms with Gasteiger partial charge in [-0.1, -0.05) is 18.2 Å². The van der Waals surface area contributed by atoms with Crippen LogP contribution in [-0.4, -0.2) is 59.8 Å². The second-order valence-corrected chi connectivity index (χ2v) is 8.40. The highest BCUT2D eigenvalue weighted by atomic mass is 19.1. The van der Waals surface area contributed by atoms with Crippen molar-refractivity contribution >= 4 is 17.7 Å². The molecule has 3 aliphatic rings. The van der Waals surface area contributed by atoms with Crippen LogP contribution in [0.2, 0.25) is 0 Å². The van der Waals surface area contributed by atoms with Crippen molar-refractivity contribution in [3.63, 3.8) is 0 Å². The van der Waals surface area contributed by atoms with Crippen LogP contribution in [0.25, 0.3) is 0 Å². The Morgan fingerprint density at radius 1 is 1.21 bits per heavy atom. The monoisotopic (exact) mass is 470 g/mol. The number of amides is 3. The molecule has 8 nitrogen and oxygen atoms in total. The number of benzene rings is 2. The molecule has 0 radical (unpaired) electrons. The number of carbonyl (C=O) groups is 3. The highest BCUT2D eigenvalue weighted by molar-refractivity contribution is 6.05. The first-order chi connectivity index (χ1) is 17.6. The SMILES string of the molecule is [2H]C([2H])(Oc1cccc2c1CN([C@]1([2H])CCC(=O)NC1=O)C2=O)c1ccc(CN2CCOCC2)cc1F. The first kappa shape index (κ1) is 19.1. The maximum Gasteiger partial charge on any atom is 0.255 e. The van der Waals surface area contributed by atoms with Crippen LogP contribution in [-0.2, 0) is 34.0 Å². The molecular weight excluding hydrogens is 441 g/mol. The molecule has 0 saturated carbocycles. The van der Waals surface area contributed by atoms with E-state index in [-0.39, 0.29) is 41.8 Å². The van der Waals surface area contributed by atoms with Crippen LogP contribution in [0.5, 0.6) is 5.75 Å². The number of ether oxygens (including phenoxy) is 2. The van der Waals surface area contributed by atoms with Crippen LogP contribution in [0.1, 0.15) is 44.0 Å². The molecule has 0 unspecified atom stereocenters. The Morgan fingerprint density at radius 2 is 2.03 bits per heavy atom. The molecule has 1 atom stereocenters. The third-order valence-corrected chi connectivity index (χ3v) is 6.17. The van der Waals surface area contributed by atoms with E-state index in [0.717, 1.165) is 18.0 Å². The molecule has 2 saturated heterocycles. The van der Waals surface area contributed by atoms with Gasteiger partial charge in [0.15, 0.2) is 0 Å². The molecule has 9 heteroatoms. The van der Waals surface area contributed by atoms with Crippen LogP contribution < -0.4 is 10.1 Å². The minimum Gasteiger partial charge on any atom is -0.488 e. The van der Waals surface area contributed by atoms with Crippen molar-refractivity contribution in [3.05, 3.63) is 64.5 Å². The Balaban J connectivity index is 1.36. The molecule has 5 rings (SSSR count). The number of hydrogen-bond acceptors (Lipinski definition) is 6. The van der Waals surface area contributed by atoms with E-state index in [1.807, 2.05) is 0 Å². The molecule has 1 N–H and O–H groups in total. The molecular formula is C25H26FN3O5. The molecule has 3 heterocycles. The quantitative estimate of drug-likeness (QED) is 0.650. The summed E-state index contributed by atoms with van der Waals surface area (Å²) >= 11 is 0. The number of nitrogens with one attached hydrogen (secondary N) is 1. The fourth-order valence-corrected chi connectivity index (χ4v) is 4.35. The van der Waals surface area contributed by atoms with Gasteiger partial charge >= 0.3 is 0 Å². The summed E-state index contributed by atoms with van der Waals surface area (Å²) in [6.45, 7) is 0.458. The summed E-state index contributed by atoms with van der Waals surface area (Å²) in [6.07, 6.45) is -0.238. The Morgan fingerprint density at radius 3 is 2.79 bits per heavy atom. The molecule has 0 bridgehead atoms. The van der Waals surface area contributed by atoms with Crippen LogP contribution in [0.15, 0.2) is 36.4 Å². The Kier molecular flexibility index (Phi) is 5.33. The zero-order valence-electron chi connectivity index (χ0n) is 21.4. The summed E-state index contributed by atoms with van der Waals surface area (Å²) in [7, 11) is 0. The minimum absolute atomic E-state index is 0.00559.